The van der Waals surface area contributed by atoms with Gasteiger partial charge in [-0.15, -0.1) is 0 Å². The van der Waals surface area contributed by atoms with E-state index in [-0.39, 0.29) is 23.9 Å². The Morgan fingerprint density at radius 3 is 2.75 bits per heavy atom. The van der Waals surface area contributed by atoms with Crippen LogP contribution in [0.25, 0.3) is 0 Å². The van der Waals surface area contributed by atoms with E-state index in [2.05, 4.69) is 5.32 Å². The van der Waals surface area contributed by atoms with E-state index in [1.54, 1.807) is 19.1 Å². The number of amides is 2. The van der Waals surface area contributed by atoms with E-state index >= 15 is 0 Å². The van der Waals surface area contributed by atoms with Crippen LogP contribution in [0.15, 0.2) is 18.2 Å². The maximum atomic E-state index is 12.0. The molecule has 1 unspecified atom stereocenters. The first-order valence-electron chi connectivity index (χ1n) is 6.22. The van der Waals surface area contributed by atoms with Crippen LogP contribution in [0.2, 0.25) is 0 Å². The van der Waals surface area contributed by atoms with Crippen LogP contribution in [-0.2, 0) is 9.59 Å². The van der Waals surface area contributed by atoms with Crippen molar-refractivity contribution >= 4 is 23.2 Å². The van der Waals surface area contributed by atoms with E-state index in [1.165, 1.54) is 13.1 Å². The summed E-state index contributed by atoms with van der Waals surface area (Å²) in [4.78, 5) is 34.9. The van der Waals surface area contributed by atoms with Gasteiger partial charge in [-0.3, -0.25) is 24.6 Å². The lowest BCUT2D eigenvalue weighted by Gasteiger charge is -2.29. The molecular weight excluding hydrogens is 262 g/mol. The molecule has 0 aromatic heterocycles. The van der Waals surface area contributed by atoms with Gasteiger partial charge in [0, 0.05) is 30.8 Å². The van der Waals surface area contributed by atoms with Crippen LogP contribution < -0.4 is 5.32 Å². The summed E-state index contributed by atoms with van der Waals surface area (Å²) < 4.78 is 0. The van der Waals surface area contributed by atoms with Crippen molar-refractivity contribution in [1.29, 1.82) is 0 Å². The van der Waals surface area contributed by atoms with E-state index in [0.29, 0.717) is 17.7 Å². The standard InChI is InChI=1S/C13H15N3O4/c1-8-9(4-3-5-11(8)16(19)20)14-10-6-7-12(17)15(2)13(10)18/h3-5,10,14H,6-7H2,1-2H3. The number of anilines is 1. The van der Waals surface area contributed by atoms with E-state index in [9.17, 15) is 19.7 Å². The molecule has 1 atom stereocenters. The first-order chi connectivity index (χ1) is 9.41. The second-order valence-corrected chi connectivity index (χ2v) is 4.73. The Labute approximate surface area is 115 Å². The zero-order valence-electron chi connectivity index (χ0n) is 11.3. The summed E-state index contributed by atoms with van der Waals surface area (Å²) in [5.74, 6) is -0.518. The Kier molecular flexibility index (Phi) is 3.69. The number of hydrogen-bond acceptors (Lipinski definition) is 5. The Bertz CT molecular complexity index is 585. The fourth-order valence-electron chi connectivity index (χ4n) is 2.21. The molecule has 2 amide bonds. The number of likely N-dealkylation sites (tertiary alicyclic amines) is 1. The lowest BCUT2D eigenvalue weighted by atomic mass is 10.0. The first kappa shape index (κ1) is 14.0. The third-order valence-electron chi connectivity index (χ3n) is 3.48. The van der Waals surface area contributed by atoms with Crippen LogP contribution in [0.1, 0.15) is 18.4 Å². The number of carbonyl (C=O) groups is 2. The quantitative estimate of drug-likeness (QED) is 0.513. The molecule has 1 fully saturated rings. The Morgan fingerprint density at radius 2 is 2.10 bits per heavy atom. The maximum absolute atomic E-state index is 12.0. The number of nitro benzene ring substituents is 1. The second-order valence-electron chi connectivity index (χ2n) is 4.73. The highest BCUT2D eigenvalue weighted by atomic mass is 16.6. The number of rotatable bonds is 3. The molecule has 7 nitrogen and oxygen atoms in total. The van der Waals surface area contributed by atoms with Gasteiger partial charge in [-0.1, -0.05) is 6.07 Å². The number of hydrogen-bond donors (Lipinski definition) is 1. The zero-order valence-corrected chi connectivity index (χ0v) is 11.3. The molecule has 1 aromatic rings. The number of likely N-dealkylation sites (N-methyl/N-ethyl adjacent to an activating group) is 1. The second kappa shape index (κ2) is 5.28. The third kappa shape index (κ3) is 2.47. The van der Waals surface area contributed by atoms with E-state index in [1.807, 2.05) is 0 Å². The van der Waals surface area contributed by atoms with Gasteiger partial charge in [0.2, 0.25) is 5.91 Å². The van der Waals surface area contributed by atoms with Gasteiger partial charge in [0.15, 0.2) is 0 Å². The molecule has 1 N–H and O–H groups in total. The van der Waals surface area contributed by atoms with Crippen molar-refractivity contribution in [3.05, 3.63) is 33.9 Å². The van der Waals surface area contributed by atoms with Gasteiger partial charge >= 0.3 is 0 Å². The molecule has 106 valence electrons. The van der Waals surface area contributed by atoms with Gasteiger partial charge in [-0.05, 0) is 19.4 Å². The number of nitrogens with one attached hydrogen (secondary N) is 1. The monoisotopic (exact) mass is 277 g/mol. The summed E-state index contributed by atoms with van der Waals surface area (Å²) >= 11 is 0. The van der Waals surface area contributed by atoms with Gasteiger partial charge in [-0.25, -0.2) is 0 Å². The number of nitro groups is 1. The fourth-order valence-corrected chi connectivity index (χ4v) is 2.21. The van der Waals surface area contributed by atoms with Crippen LogP contribution in [-0.4, -0.2) is 34.7 Å². The Hall–Kier alpha value is -2.44. The zero-order chi connectivity index (χ0) is 14.9. The highest BCUT2D eigenvalue weighted by molar-refractivity contribution is 6.01. The maximum Gasteiger partial charge on any atom is 0.274 e. The minimum atomic E-state index is -0.529. The van der Waals surface area contributed by atoms with Gasteiger partial charge in [0.1, 0.15) is 6.04 Å². The number of carbonyl (C=O) groups excluding carboxylic acids is 2. The summed E-state index contributed by atoms with van der Waals surface area (Å²) in [5, 5.41) is 13.9. The van der Waals surface area contributed by atoms with Crippen LogP contribution >= 0.6 is 0 Å². The van der Waals surface area contributed by atoms with E-state index < -0.39 is 11.0 Å². The summed E-state index contributed by atoms with van der Waals surface area (Å²) in [6.45, 7) is 1.63. The average Bonchev–Trinajstić information content (AvgIpc) is 2.41. The first-order valence-corrected chi connectivity index (χ1v) is 6.22. The molecule has 0 aliphatic carbocycles. The number of benzene rings is 1. The molecule has 2 rings (SSSR count). The predicted molar refractivity (Wildman–Crippen MR) is 72.3 cm³/mol. The third-order valence-corrected chi connectivity index (χ3v) is 3.48. The summed E-state index contributed by atoms with van der Waals surface area (Å²) in [6, 6.07) is 4.14. The van der Waals surface area contributed by atoms with Crippen molar-refractivity contribution in [1.82, 2.24) is 4.90 Å². The molecule has 7 heteroatoms. The van der Waals surface area contributed by atoms with Crippen molar-refractivity contribution in [2.24, 2.45) is 0 Å². The van der Waals surface area contributed by atoms with Crippen LogP contribution in [0.3, 0.4) is 0 Å². The molecule has 0 bridgehead atoms. The fraction of sp³-hybridized carbons (Fsp3) is 0.385. The SMILES string of the molecule is Cc1c(NC2CCC(=O)N(C)C2=O)cccc1[N+](=O)[O-]. The molecule has 0 radical (unpaired) electrons. The largest absolute Gasteiger partial charge is 0.373 e. The molecule has 1 aromatic carbocycles. The number of nitrogens with zero attached hydrogens (tertiary/aromatic N) is 2. The topological polar surface area (TPSA) is 92.6 Å². The molecule has 1 aliphatic heterocycles. The van der Waals surface area contributed by atoms with Gasteiger partial charge in [0.05, 0.1) is 4.92 Å². The molecule has 1 heterocycles. The summed E-state index contributed by atoms with van der Waals surface area (Å²) in [7, 11) is 1.44. The highest BCUT2D eigenvalue weighted by Crippen LogP contribution is 2.27. The lowest BCUT2D eigenvalue weighted by Crippen LogP contribution is -2.48. The molecule has 20 heavy (non-hydrogen) atoms. The van der Waals surface area contributed by atoms with Crippen molar-refractivity contribution in [3.63, 3.8) is 0 Å². The molecule has 0 saturated carbocycles. The highest BCUT2D eigenvalue weighted by Gasteiger charge is 2.32. The van der Waals surface area contributed by atoms with Crippen LogP contribution in [0.5, 0.6) is 0 Å². The van der Waals surface area contributed by atoms with Crippen LogP contribution in [0, 0.1) is 17.0 Å². The summed E-state index contributed by atoms with van der Waals surface area (Å²) in [6.07, 6.45) is 0.679. The molecule has 1 saturated heterocycles. The molecule has 0 spiro atoms. The lowest BCUT2D eigenvalue weighted by molar-refractivity contribution is -0.385. The normalized spacial score (nSPS) is 19.1. The van der Waals surface area contributed by atoms with Gasteiger partial charge in [0.25, 0.3) is 11.6 Å². The molecular formula is C13H15N3O4. The Morgan fingerprint density at radius 1 is 1.40 bits per heavy atom. The molecule has 1 aliphatic rings. The van der Waals surface area contributed by atoms with Crippen molar-refractivity contribution in [2.45, 2.75) is 25.8 Å². The van der Waals surface area contributed by atoms with Crippen molar-refractivity contribution in [2.75, 3.05) is 12.4 Å². The van der Waals surface area contributed by atoms with Gasteiger partial charge < -0.3 is 5.32 Å². The Balaban J connectivity index is 2.23. The van der Waals surface area contributed by atoms with Gasteiger partial charge in [-0.2, -0.15) is 0 Å². The van der Waals surface area contributed by atoms with E-state index in [4.69, 9.17) is 0 Å². The summed E-state index contributed by atoms with van der Waals surface area (Å²) in [5.41, 5.74) is 1.02. The number of imide groups is 1. The van der Waals surface area contributed by atoms with E-state index in [0.717, 1.165) is 4.90 Å². The minimum absolute atomic E-state index is 0.00249. The average molecular weight is 277 g/mol. The minimum Gasteiger partial charge on any atom is -0.373 e. The van der Waals surface area contributed by atoms with Crippen molar-refractivity contribution in [3.8, 4) is 0 Å². The van der Waals surface area contributed by atoms with Crippen molar-refractivity contribution < 1.29 is 14.5 Å². The van der Waals surface area contributed by atoms with Crippen LogP contribution in [0.4, 0.5) is 11.4 Å². The number of piperidine rings is 1. The predicted octanol–water partition coefficient (Wildman–Crippen LogP) is 1.46. The smallest absolute Gasteiger partial charge is 0.274 e.